The van der Waals surface area contributed by atoms with E-state index in [2.05, 4.69) is 0 Å². The Morgan fingerprint density at radius 2 is 2.00 bits per heavy atom. The summed E-state index contributed by atoms with van der Waals surface area (Å²) < 4.78 is 0. The molecule has 1 aromatic rings. The maximum Gasteiger partial charge on any atom is 0.324 e. The number of nitro groups is 1. The Balaban J connectivity index is 3.25. The second kappa shape index (κ2) is 5.97. The lowest BCUT2D eigenvalue weighted by atomic mass is 10.1. The Hall–Kier alpha value is -3.15. The van der Waals surface area contributed by atoms with E-state index in [4.69, 9.17) is 21.5 Å². The smallest absolute Gasteiger partial charge is 0.324 e. The lowest BCUT2D eigenvalue weighted by molar-refractivity contribution is -0.380. The van der Waals surface area contributed by atoms with Gasteiger partial charge in [0.2, 0.25) is 0 Å². The van der Waals surface area contributed by atoms with Crippen molar-refractivity contribution in [2.45, 2.75) is 0 Å². The van der Waals surface area contributed by atoms with Crippen LogP contribution in [0.1, 0.15) is 5.56 Å². The fourth-order valence-corrected chi connectivity index (χ4v) is 1.81. The SMILES string of the molecule is N#CC(C#N)=C(N)/C(C#N)=C\c1csc([N+](=O)[O-])c1. The van der Waals surface area contributed by atoms with Crippen molar-refractivity contribution in [2.75, 3.05) is 0 Å². The minimum atomic E-state index is -0.552. The van der Waals surface area contributed by atoms with Crippen LogP contribution in [0.15, 0.2) is 28.3 Å². The summed E-state index contributed by atoms with van der Waals surface area (Å²) in [6, 6.07) is 6.16. The van der Waals surface area contributed by atoms with Gasteiger partial charge in [-0.1, -0.05) is 11.3 Å². The Morgan fingerprint density at radius 1 is 1.37 bits per heavy atom. The van der Waals surface area contributed by atoms with Crippen molar-refractivity contribution < 1.29 is 4.92 Å². The molecule has 0 aliphatic heterocycles. The second-order valence-electron chi connectivity index (χ2n) is 3.16. The fraction of sp³-hybridized carbons (Fsp3) is 0. The first kappa shape index (κ1) is 13.9. The van der Waals surface area contributed by atoms with E-state index >= 15 is 0 Å². The molecule has 0 saturated carbocycles. The quantitative estimate of drug-likeness (QED) is 0.384. The highest BCUT2D eigenvalue weighted by atomic mass is 32.1. The van der Waals surface area contributed by atoms with Crippen molar-refractivity contribution >= 4 is 22.4 Å². The standard InChI is InChI=1S/C11H5N5O2S/c12-3-8(11(15)9(4-13)5-14)1-7-2-10(16(17)18)19-6-7/h1-2,6H,15H2/b8-1-. The molecule has 0 aliphatic rings. The minimum Gasteiger partial charge on any atom is -0.396 e. The Morgan fingerprint density at radius 3 is 2.42 bits per heavy atom. The lowest BCUT2D eigenvalue weighted by Gasteiger charge is -1.97. The number of nitrogens with two attached hydrogens (primary N) is 1. The van der Waals surface area contributed by atoms with Gasteiger partial charge in [-0.3, -0.25) is 10.1 Å². The maximum atomic E-state index is 10.5. The van der Waals surface area contributed by atoms with Gasteiger partial charge >= 0.3 is 5.00 Å². The Kier molecular flexibility index (Phi) is 4.37. The van der Waals surface area contributed by atoms with Gasteiger partial charge < -0.3 is 5.73 Å². The first-order chi connectivity index (χ1) is 9.03. The van der Waals surface area contributed by atoms with Crippen LogP contribution in [-0.2, 0) is 0 Å². The zero-order valence-electron chi connectivity index (χ0n) is 9.32. The van der Waals surface area contributed by atoms with E-state index in [9.17, 15) is 10.1 Å². The van der Waals surface area contributed by atoms with Crippen LogP contribution < -0.4 is 5.73 Å². The summed E-state index contributed by atoms with van der Waals surface area (Å²) in [6.07, 6.45) is 1.29. The van der Waals surface area contributed by atoms with Gasteiger partial charge in [-0.25, -0.2) is 0 Å². The van der Waals surface area contributed by atoms with Crippen LogP contribution in [-0.4, -0.2) is 4.92 Å². The van der Waals surface area contributed by atoms with E-state index in [0.717, 1.165) is 11.3 Å². The molecule has 7 nitrogen and oxygen atoms in total. The number of allylic oxidation sites excluding steroid dienone is 2. The van der Waals surface area contributed by atoms with Crippen molar-refractivity contribution in [1.29, 1.82) is 15.8 Å². The van der Waals surface area contributed by atoms with Crippen LogP contribution in [0.3, 0.4) is 0 Å². The maximum absolute atomic E-state index is 10.5. The zero-order chi connectivity index (χ0) is 14.4. The van der Waals surface area contributed by atoms with Crippen molar-refractivity contribution in [3.63, 3.8) is 0 Å². The molecule has 0 radical (unpaired) electrons. The molecule has 0 spiro atoms. The van der Waals surface area contributed by atoms with E-state index in [-0.39, 0.29) is 21.8 Å². The number of thiophene rings is 1. The summed E-state index contributed by atoms with van der Waals surface area (Å²) in [4.78, 5) is 9.96. The van der Waals surface area contributed by atoms with E-state index in [1.807, 2.05) is 0 Å². The predicted octanol–water partition coefficient (Wildman–Crippen LogP) is 1.82. The van der Waals surface area contributed by atoms with Crippen LogP contribution in [0.5, 0.6) is 0 Å². The van der Waals surface area contributed by atoms with Gasteiger partial charge in [-0.15, -0.1) is 0 Å². The van der Waals surface area contributed by atoms with Crippen LogP contribution in [0, 0.1) is 44.1 Å². The summed E-state index contributed by atoms with van der Waals surface area (Å²) in [7, 11) is 0. The summed E-state index contributed by atoms with van der Waals surface area (Å²) in [5.74, 6) is 0. The van der Waals surface area contributed by atoms with Crippen LogP contribution in [0.2, 0.25) is 0 Å². The largest absolute Gasteiger partial charge is 0.396 e. The fourth-order valence-electron chi connectivity index (χ4n) is 1.13. The van der Waals surface area contributed by atoms with Crippen molar-refractivity contribution in [3.8, 4) is 18.2 Å². The summed E-state index contributed by atoms with van der Waals surface area (Å²) in [6.45, 7) is 0. The van der Waals surface area contributed by atoms with Crippen LogP contribution in [0.25, 0.3) is 6.08 Å². The van der Waals surface area contributed by atoms with E-state index in [1.54, 1.807) is 18.2 Å². The first-order valence-corrected chi connectivity index (χ1v) is 5.56. The van der Waals surface area contributed by atoms with Crippen LogP contribution >= 0.6 is 11.3 Å². The highest BCUT2D eigenvalue weighted by Gasteiger charge is 2.11. The predicted molar refractivity (Wildman–Crippen MR) is 67.0 cm³/mol. The molecule has 0 aromatic carbocycles. The van der Waals surface area contributed by atoms with Gasteiger partial charge in [0.1, 0.15) is 18.2 Å². The normalized spacial score (nSPS) is 9.84. The first-order valence-electron chi connectivity index (χ1n) is 4.68. The number of nitrogens with zero attached hydrogens (tertiary/aromatic N) is 4. The van der Waals surface area contributed by atoms with E-state index in [1.165, 1.54) is 17.5 Å². The molecular formula is C11H5N5O2S. The molecule has 0 amide bonds. The van der Waals surface area contributed by atoms with Gasteiger partial charge in [0.05, 0.1) is 16.2 Å². The molecule has 0 unspecified atom stereocenters. The highest BCUT2D eigenvalue weighted by molar-refractivity contribution is 7.13. The Labute approximate surface area is 111 Å². The number of hydrogen-bond acceptors (Lipinski definition) is 7. The van der Waals surface area contributed by atoms with Gasteiger partial charge in [-0.05, 0) is 11.6 Å². The van der Waals surface area contributed by atoms with E-state index < -0.39 is 4.92 Å². The summed E-state index contributed by atoms with van der Waals surface area (Å²) in [5.41, 5.74) is 5.21. The average molecular weight is 271 g/mol. The third kappa shape index (κ3) is 3.16. The highest BCUT2D eigenvalue weighted by Crippen LogP contribution is 2.25. The van der Waals surface area contributed by atoms with Crippen molar-refractivity contribution in [2.24, 2.45) is 5.73 Å². The van der Waals surface area contributed by atoms with Crippen molar-refractivity contribution in [1.82, 2.24) is 0 Å². The molecule has 19 heavy (non-hydrogen) atoms. The summed E-state index contributed by atoms with van der Waals surface area (Å²) in [5, 5.41) is 38.1. The molecule has 1 rings (SSSR count). The molecule has 8 heteroatoms. The third-order valence-electron chi connectivity index (χ3n) is 2.00. The van der Waals surface area contributed by atoms with Gasteiger partial charge in [0, 0.05) is 11.4 Å². The van der Waals surface area contributed by atoms with Crippen LogP contribution in [0.4, 0.5) is 5.00 Å². The molecule has 0 atom stereocenters. The molecular weight excluding hydrogens is 266 g/mol. The lowest BCUT2D eigenvalue weighted by Crippen LogP contribution is -2.03. The van der Waals surface area contributed by atoms with Gasteiger partial charge in [0.25, 0.3) is 0 Å². The second-order valence-corrected chi connectivity index (χ2v) is 4.05. The average Bonchev–Trinajstić information content (AvgIpc) is 2.86. The molecule has 1 heterocycles. The molecule has 92 valence electrons. The molecule has 0 bridgehead atoms. The zero-order valence-corrected chi connectivity index (χ0v) is 10.1. The van der Waals surface area contributed by atoms with Crippen molar-refractivity contribution in [3.05, 3.63) is 44.0 Å². The number of nitriles is 3. The third-order valence-corrected chi connectivity index (χ3v) is 2.90. The number of hydrogen-bond donors (Lipinski definition) is 1. The molecule has 0 aliphatic carbocycles. The molecule has 1 aromatic heterocycles. The van der Waals surface area contributed by atoms with E-state index in [0.29, 0.717) is 5.56 Å². The van der Waals surface area contributed by atoms with Gasteiger partial charge in [-0.2, -0.15) is 15.8 Å². The monoisotopic (exact) mass is 271 g/mol. The Bertz CT molecular complexity index is 693. The summed E-state index contributed by atoms with van der Waals surface area (Å²) >= 11 is 0.902. The molecule has 0 saturated heterocycles. The minimum absolute atomic E-state index is 0.0770. The molecule has 0 fully saturated rings. The number of rotatable bonds is 3. The van der Waals surface area contributed by atoms with Gasteiger partial charge in [0.15, 0.2) is 5.57 Å². The topological polar surface area (TPSA) is 141 Å². The molecule has 2 N–H and O–H groups in total.